The van der Waals surface area contributed by atoms with Crippen LogP contribution in [0.1, 0.15) is 30.5 Å². The van der Waals surface area contributed by atoms with E-state index in [0.717, 1.165) is 35.3 Å². The fourth-order valence-electron chi connectivity index (χ4n) is 4.24. The molecule has 1 aliphatic heterocycles. The number of hydrogen-bond donors (Lipinski definition) is 0. The number of aryl methyl sites for hydroxylation is 2. The van der Waals surface area contributed by atoms with Crippen molar-refractivity contribution >= 4 is 27.4 Å². The molecule has 0 aliphatic carbocycles. The molecule has 1 aliphatic rings. The topological polar surface area (TPSA) is 41.5 Å². The molecule has 0 saturated carbocycles. The number of aromatic nitrogens is 2. The van der Waals surface area contributed by atoms with E-state index in [1.807, 2.05) is 13.8 Å². The fraction of sp³-hybridized carbons (Fsp3) is 0.478. The largest absolute Gasteiger partial charge is 0.494 e. The quantitative estimate of drug-likeness (QED) is 0.598. The van der Waals surface area contributed by atoms with Crippen molar-refractivity contribution in [3.63, 3.8) is 0 Å². The summed E-state index contributed by atoms with van der Waals surface area (Å²) in [7, 11) is 4.40. The lowest BCUT2D eigenvalue weighted by molar-refractivity contribution is 0.252. The maximum Gasteiger partial charge on any atom is 0.141 e. The van der Waals surface area contributed by atoms with Crippen molar-refractivity contribution in [3.05, 3.63) is 35.0 Å². The lowest BCUT2D eigenvalue weighted by Gasteiger charge is -2.36. The normalized spacial score (nSPS) is 15.8. The highest BCUT2D eigenvalue weighted by Gasteiger charge is 2.26. The van der Waals surface area contributed by atoms with Crippen LogP contribution in [0, 0.1) is 13.8 Å². The molecule has 0 bridgehead atoms. The van der Waals surface area contributed by atoms with E-state index in [1.165, 1.54) is 34.2 Å². The highest BCUT2D eigenvalue weighted by atomic mass is 32.1. The van der Waals surface area contributed by atoms with Gasteiger partial charge in [-0.1, -0.05) is 12.1 Å². The van der Waals surface area contributed by atoms with E-state index in [-0.39, 0.29) is 0 Å². The number of hydrogen-bond acceptors (Lipinski definition) is 6. The molecule has 1 fully saturated rings. The minimum absolute atomic E-state index is 0.511. The van der Waals surface area contributed by atoms with Gasteiger partial charge in [-0.15, -0.1) is 11.3 Å². The Bertz CT molecular complexity index is 990. The first-order valence-corrected chi connectivity index (χ1v) is 11.2. The lowest BCUT2D eigenvalue weighted by atomic mass is 10.0. The number of ether oxygens (including phenoxy) is 1. The first kappa shape index (κ1) is 20.1. The minimum Gasteiger partial charge on any atom is -0.494 e. The highest BCUT2D eigenvalue weighted by molar-refractivity contribution is 7.19. The summed E-state index contributed by atoms with van der Waals surface area (Å²) < 4.78 is 5.63. The van der Waals surface area contributed by atoms with Crippen molar-refractivity contribution in [2.75, 3.05) is 38.7 Å². The van der Waals surface area contributed by atoms with Crippen molar-refractivity contribution < 1.29 is 4.74 Å². The second-order valence-electron chi connectivity index (χ2n) is 7.91. The zero-order chi connectivity index (χ0) is 20.5. The van der Waals surface area contributed by atoms with Crippen LogP contribution in [0.2, 0.25) is 0 Å². The Hall–Kier alpha value is -2.18. The fourth-order valence-corrected chi connectivity index (χ4v) is 5.33. The van der Waals surface area contributed by atoms with Gasteiger partial charge in [-0.3, -0.25) is 0 Å². The third-order valence-corrected chi connectivity index (χ3v) is 6.84. The molecular weight excluding hydrogens is 380 g/mol. The minimum atomic E-state index is 0.511. The second-order valence-corrected chi connectivity index (χ2v) is 9.11. The average molecular weight is 411 g/mol. The summed E-state index contributed by atoms with van der Waals surface area (Å²) >= 11 is 1.76. The van der Waals surface area contributed by atoms with Gasteiger partial charge in [0, 0.05) is 23.5 Å². The summed E-state index contributed by atoms with van der Waals surface area (Å²) in [6, 6.07) is 8.92. The van der Waals surface area contributed by atoms with Crippen molar-refractivity contribution in [3.8, 4) is 16.9 Å². The van der Waals surface area contributed by atoms with Gasteiger partial charge in [-0.25, -0.2) is 9.97 Å². The van der Waals surface area contributed by atoms with Crippen molar-refractivity contribution in [2.24, 2.45) is 0 Å². The van der Waals surface area contributed by atoms with Crippen molar-refractivity contribution in [2.45, 2.75) is 39.7 Å². The van der Waals surface area contributed by atoms with Gasteiger partial charge < -0.3 is 14.5 Å². The molecule has 0 N–H and O–H groups in total. The SMILES string of the molecule is CCOc1ccc(-c2c(C)sc3nc(C)nc(N(C)C4CCN(C)CC4)c23)cc1. The lowest BCUT2D eigenvalue weighted by Crippen LogP contribution is -2.42. The van der Waals surface area contributed by atoms with Crippen LogP contribution in [-0.4, -0.2) is 54.7 Å². The molecule has 0 unspecified atom stereocenters. The molecule has 3 aromatic rings. The van der Waals surface area contributed by atoms with Crippen LogP contribution in [0.25, 0.3) is 21.3 Å². The number of anilines is 1. The first-order chi connectivity index (χ1) is 14.0. The van der Waals surface area contributed by atoms with Gasteiger partial charge in [-0.2, -0.15) is 0 Å². The molecule has 0 amide bonds. The molecule has 29 heavy (non-hydrogen) atoms. The van der Waals surface area contributed by atoms with Gasteiger partial charge in [0.2, 0.25) is 0 Å². The summed E-state index contributed by atoms with van der Waals surface area (Å²) in [6.45, 7) is 9.14. The monoisotopic (exact) mass is 410 g/mol. The van der Waals surface area contributed by atoms with E-state index < -0.39 is 0 Å². The van der Waals surface area contributed by atoms with Gasteiger partial charge in [-0.05, 0) is 71.4 Å². The molecule has 3 heterocycles. The van der Waals surface area contributed by atoms with E-state index in [2.05, 4.69) is 55.1 Å². The summed E-state index contributed by atoms with van der Waals surface area (Å²) in [6.07, 6.45) is 2.33. The Morgan fingerprint density at radius 1 is 1.14 bits per heavy atom. The Morgan fingerprint density at radius 3 is 2.48 bits per heavy atom. The number of piperidine rings is 1. The molecule has 6 heteroatoms. The van der Waals surface area contributed by atoms with E-state index in [0.29, 0.717) is 12.6 Å². The number of rotatable bonds is 5. The number of nitrogens with zero attached hydrogens (tertiary/aromatic N) is 4. The van der Waals surface area contributed by atoms with Crippen molar-refractivity contribution in [1.82, 2.24) is 14.9 Å². The molecule has 1 saturated heterocycles. The van der Waals surface area contributed by atoms with Gasteiger partial charge in [0.25, 0.3) is 0 Å². The predicted molar refractivity (Wildman–Crippen MR) is 122 cm³/mol. The van der Waals surface area contributed by atoms with Gasteiger partial charge >= 0.3 is 0 Å². The average Bonchev–Trinajstić information content (AvgIpc) is 3.03. The summed E-state index contributed by atoms with van der Waals surface area (Å²) in [5.41, 5.74) is 2.45. The van der Waals surface area contributed by atoms with E-state index in [9.17, 15) is 0 Å². The third-order valence-electron chi connectivity index (χ3n) is 5.84. The summed E-state index contributed by atoms with van der Waals surface area (Å²) in [4.78, 5) is 16.9. The zero-order valence-corrected chi connectivity index (χ0v) is 18.8. The van der Waals surface area contributed by atoms with E-state index >= 15 is 0 Å². The zero-order valence-electron chi connectivity index (χ0n) is 18.0. The molecule has 0 spiro atoms. The molecule has 4 rings (SSSR count). The molecule has 1 aromatic carbocycles. The molecule has 5 nitrogen and oxygen atoms in total. The summed E-state index contributed by atoms with van der Waals surface area (Å²) in [5.74, 6) is 2.81. The Morgan fingerprint density at radius 2 is 1.83 bits per heavy atom. The standard InChI is InChI=1S/C23H30N4OS/c1-6-28-19-9-7-17(8-10-19)20-15(2)29-23-21(20)22(24-16(3)25-23)27(5)18-11-13-26(4)14-12-18/h7-10,18H,6,11-14H2,1-5H3. The van der Waals surface area contributed by atoms with Crippen LogP contribution in [0.4, 0.5) is 5.82 Å². The number of likely N-dealkylation sites (tertiary alicyclic amines) is 1. The van der Waals surface area contributed by atoms with Crippen LogP contribution >= 0.6 is 11.3 Å². The maximum atomic E-state index is 5.63. The summed E-state index contributed by atoms with van der Waals surface area (Å²) in [5, 5.41) is 1.18. The van der Waals surface area contributed by atoms with E-state index in [4.69, 9.17) is 14.7 Å². The van der Waals surface area contributed by atoms with Gasteiger partial charge in [0.1, 0.15) is 22.2 Å². The molecule has 154 valence electrons. The van der Waals surface area contributed by atoms with Crippen LogP contribution in [0.15, 0.2) is 24.3 Å². The molecular formula is C23H30N4OS. The van der Waals surface area contributed by atoms with Crippen LogP contribution in [0.5, 0.6) is 5.75 Å². The van der Waals surface area contributed by atoms with Crippen LogP contribution in [-0.2, 0) is 0 Å². The molecule has 0 radical (unpaired) electrons. The Labute approximate surface area is 177 Å². The first-order valence-electron chi connectivity index (χ1n) is 10.4. The second kappa shape index (κ2) is 8.28. The number of benzene rings is 1. The highest BCUT2D eigenvalue weighted by Crippen LogP contribution is 2.42. The predicted octanol–water partition coefficient (Wildman–Crippen LogP) is 4.90. The van der Waals surface area contributed by atoms with Gasteiger partial charge in [0.15, 0.2) is 0 Å². The van der Waals surface area contributed by atoms with Crippen LogP contribution in [0.3, 0.4) is 0 Å². The number of thiophene rings is 1. The van der Waals surface area contributed by atoms with Crippen molar-refractivity contribution in [1.29, 1.82) is 0 Å². The third kappa shape index (κ3) is 3.96. The Kier molecular flexibility index (Phi) is 5.74. The Balaban J connectivity index is 1.80. The maximum absolute atomic E-state index is 5.63. The van der Waals surface area contributed by atoms with E-state index in [1.54, 1.807) is 11.3 Å². The molecule has 0 atom stereocenters. The number of fused-ring (bicyclic) bond motifs is 1. The van der Waals surface area contributed by atoms with Gasteiger partial charge in [0.05, 0.1) is 12.0 Å². The smallest absolute Gasteiger partial charge is 0.141 e. The van der Waals surface area contributed by atoms with Crippen LogP contribution < -0.4 is 9.64 Å². The molecule has 2 aromatic heterocycles.